The first-order valence-corrected chi connectivity index (χ1v) is 7.44. The summed E-state index contributed by atoms with van der Waals surface area (Å²) in [5, 5.41) is 12.0. The highest BCUT2D eigenvalue weighted by Crippen LogP contribution is 2.27. The van der Waals surface area contributed by atoms with Gasteiger partial charge in [-0.3, -0.25) is 4.89 Å². The van der Waals surface area contributed by atoms with E-state index >= 15 is 0 Å². The Labute approximate surface area is 131 Å². The third-order valence-corrected chi connectivity index (χ3v) is 3.66. The van der Waals surface area contributed by atoms with Gasteiger partial charge in [0.05, 0.1) is 5.56 Å². The van der Waals surface area contributed by atoms with E-state index in [1.54, 1.807) is 12.1 Å². The minimum atomic E-state index is -0.813. The Kier molecular flexibility index (Phi) is 6.20. The summed E-state index contributed by atoms with van der Waals surface area (Å²) in [7, 11) is 0. The zero-order valence-corrected chi connectivity index (χ0v) is 13.8. The second kappa shape index (κ2) is 7.25. The molecule has 1 fully saturated rings. The van der Waals surface area contributed by atoms with Gasteiger partial charge in [-0.2, -0.15) is 5.26 Å². The van der Waals surface area contributed by atoms with Gasteiger partial charge >= 0.3 is 5.97 Å². The third-order valence-electron chi connectivity index (χ3n) is 3.42. The number of carbonyl (C=O) groups excluding carboxylic acids is 1. The summed E-state index contributed by atoms with van der Waals surface area (Å²) < 4.78 is 0. The molecule has 0 radical (unpaired) electrons. The molecule has 0 bridgehead atoms. The van der Waals surface area contributed by atoms with Crippen molar-refractivity contribution in [3.63, 3.8) is 0 Å². The molecule has 2 N–H and O–H groups in total. The fourth-order valence-electron chi connectivity index (χ4n) is 2.68. The molecule has 0 saturated carbocycles. The van der Waals surface area contributed by atoms with Crippen LogP contribution in [0.15, 0.2) is 24.3 Å². The van der Waals surface area contributed by atoms with E-state index in [1.807, 2.05) is 0 Å². The Morgan fingerprint density at radius 1 is 1.24 bits per heavy atom. The zero-order valence-electron chi connectivity index (χ0n) is 13.1. The smallest absolute Gasteiger partial charge is 0.307 e. The standard InChI is InChI=1S/C9H19N.C7H5ClO3/c1-8(2)6-5-7-9(3,4)10-8;8-6-3-1-2-5(4-6)7(9)11-10/h10H,5-7H2,1-4H3;1-4,10H. The van der Waals surface area contributed by atoms with Crippen LogP contribution in [-0.4, -0.2) is 22.3 Å². The number of rotatable bonds is 1. The molecule has 0 aliphatic carbocycles. The van der Waals surface area contributed by atoms with Crippen LogP contribution >= 0.6 is 11.6 Å². The molecule has 5 heteroatoms. The summed E-state index contributed by atoms with van der Waals surface area (Å²) in [4.78, 5) is 14.1. The minimum Gasteiger partial charge on any atom is -0.307 e. The van der Waals surface area contributed by atoms with E-state index in [9.17, 15) is 4.79 Å². The minimum absolute atomic E-state index is 0.222. The molecule has 0 atom stereocenters. The molecule has 1 heterocycles. The Balaban J connectivity index is 0.000000211. The molecule has 0 spiro atoms. The number of carbonyl (C=O) groups is 1. The maximum absolute atomic E-state index is 10.6. The van der Waals surface area contributed by atoms with E-state index in [1.165, 1.54) is 31.4 Å². The zero-order chi connectivity index (χ0) is 16.1. The van der Waals surface area contributed by atoms with Gasteiger partial charge in [0, 0.05) is 16.1 Å². The maximum atomic E-state index is 10.6. The van der Waals surface area contributed by atoms with E-state index < -0.39 is 5.97 Å². The van der Waals surface area contributed by atoms with Gasteiger partial charge < -0.3 is 5.32 Å². The van der Waals surface area contributed by atoms with Gasteiger partial charge in [-0.25, -0.2) is 4.79 Å². The summed E-state index contributed by atoms with van der Waals surface area (Å²) in [6, 6.07) is 6.11. The van der Waals surface area contributed by atoms with E-state index in [4.69, 9.17) is 16.9 Å². The first-order chi connectivity index (χ1) is 9.65. The van der Waals surface area contributed by atoms with Gasteiger partial charge in [0.25, 0.3) is 0 Å². The molecule has 2 rings (SSSR count). The lowest BCUT2D eigenvalue weighted by molar-refractivity contribution is -0.182. The summed E-state index contributed by atoms with van der Waals surface area (Å²) in [5.41, 5.74) is 0.948. The SMILES string of the molecule is CC1(C)CCCC(C)(C)N1.O=C(OO)c1cccc(Cl)c1. The molecule has 0 amide bonds. The summed E-state index contributed by atoms with van der Waals surface area (Å²) >= 11 is 5.56. The topological polar surface area (TPSA) is 58.6 Å². The van der Waals surface area contributed by atoms with E-state index in [0.717, 1.165) is 0 Å². The van der Waals surface area contributed by atoms with Crippen LogP contribution in [0.25, 0.3) is 0 Å². The Bertz CT molecular complexity index is 472. The van der Waals surface area contributed by atoms with Crippen molar-refractivity contribution >= 4 is 17.6 Å². The van der Waals surface area contributed by atoms with Crippen molar-refractivity contribution in [2.24, 2.45) is 0 Å². The van der Waals surface area contributed by atoms with E-state index in [-0.39, 0.29) is 5.56 Å². The average molecular weight is 314 g/mol. The molecule has 118 valence electrons. The number of nitrogens with one attached hydrogen (secondary N) is 1. The monoisotopic (exact) mass is 313 g/mol. The van der Waals surface area contributed by atoms with Crippen LogP contribution in [0.3, 0.4) is 0 Å². The lowest BCUT2D eigenvalue weighted by Gasteiger charge is -2.42. The van der Waals surface area contributed by atoms with Crippen molar-refractivity contribution in [1.29, 1.82) is 0 Å². The highest BCUT2D eigenvalue weighted by Gasteiger charge is 2.31. The lowest BCUT2D eigenvalue weighted by Crippen LogP contribution is -2.55. The molecule has 1 aromatic rings. The molecule has 1 aliphatic heterocycles. The summed E-state index contributed by atoms with van der Waals surface area (Å²) in [6.45, 7) is 9.14. The van der Waals surface area contributed by atoms with E-state index in [0.29, 0.717) is 16.1 Å². The molecule has 0 unspecified atom stereocenters. The van der Waals surface area contributed by atoms with Crippen molar-refractivity contribution in [1.82, 2.24) is 5.32 Å². The molecule has 1 saturated heterocycles. The highest BCUT2D eigenvalue weighted by atomic mass is 35.5. The molecule has 0 aromatic heterocycles. The van der Waals surface area contributed by atoms with Crippen LogP contribution in [0.1, 0.15) is 57.3 Å². The largest absolute Gasteiger partial charge is 0.372 e. The molecule has 21 heavy (non-hydrogen) atoms. The van der Waals surface area contributed by atoms with Crippen LogP contribution in [0.2, 0.25) is 5.02 Å². The van der Waals surface area contributed by atoms with Gasteiger partial charge in [0.15, 0.2) is 0 Å². The predicted molar refractivity (Wildman–Crippen MR) is 84.6 cm³/mol. The molecule has 4 nitrogen and oxygen atoms in total. The first kappa shape index (κ1) is 18.0. The van der Waals surface area contributed by atoms with Crippen molar-refractivity contribution in [3.8, 4) is 0 Å². The number of piperidine rings is 1. The number of halogens is 1. The predicted octanol–water partition coefficient (Wildman–Crippen LogP) is 4.29. The Morgan fingerprint density at radius 3 is 2.19 bits per heavy atom. The van der Waals surface area contributed by atoms with Crippen molar-refractivity contribution in [2.45, 2.75) is 58.0 Å². The van der Waals surface area contributed by atoms with Crippen molar-refractivity contribution < 1.29 is 14.9 Å². The fourth-order valence-corrected chi connectivity index (χ4v) is 2.87. The quantitative estimate of drug-likeness (QED) is 0.600. The highest BCUT2D eigenvalue weighted by molar-refractivity contribution is 6.30. The van der Waals surface area contributed by atoms with Gasteiger partial charge in [-0.05, 0) is 65.2 Å². The van der Waals surface area contributed by atoms with Gasteiger partial charge in [-0.15, -0.1) is 0 Å². The first-order valence-electron chi connectivity index (χ1n) is 7.06. The maximum Gasteiger partial charge on any atom is 0.372 e. The normalized spacial score (nSPS) is 19.1. The van der Waals surface area contributed by atoms with Crippen molar-refractivity contribution in [3.05, 3.63) is 34.9 Å². The number of benzene rings is 1. The molecule has 1 aliphatic rings. The molecule has 1 aromatic carbocycles. The summed E-state index contributed by atoms with van der Waals surface area (Å²) in [5.74, 6) is -0.813. The van der Waals surface area contributed by atoms with E-state index in [2.05, 4.69) is 37.9 Å². The van der Waals surface area contributed by atoms with Crippen LogP contribution < -0.4 is 5.32 Å². The van der Waals surface area contributed by atoms with Crippen LogP contribution in [0.4, 0.5) is 0 Å². The lowest BCUT2D eigenvalue weighted by atomic mass is 9.83. The number of hydrogen-bond acceptors (Lipinski definition) is 4. The Morgan fingerprint density at radius 2 is 1.81 bits per heavy atom. The second-order valence-electron chi connectivity index (χ2n) is 6.64. The van der Waals surface area contributed by atoms with Crippen LogP contribution in [0, 0.1) is 0 Å². The third kappa shape index (κ3) is 6.46. The molecular weight excluding hydrogens is 290 g/mol. The average Bonchev–Trinajstić information content (AvgIpc) is 2.35. The van der Waals surface area contributed by atoms with Crippen LogP contribution in [0.5, 0.6) is 0 Å². The Hall–Kier alpha value is -1.10. The number of hydrogen-bond donors (Lipinski definition) is 2. The second-order valence-corrected chi connectivity index (χ2v) is 7.07. The van der Waals surface area contributed by atoms with Gasteiger partial charge in [-0.1, -0.05) is 17.7 Å². The fraction of sp³-hybridized carbons (Fsp3) is 0.562. The summed E-state index contributed by atoms with van der Waals surface area (Å²) in [6.07, 6.45) is 4.00. The molecular formula is C16H24ClNO3. The van der Waals surface area contributed by atoms with Crippen molar-refractivity contribution in [2.75, 3.05) is 0 Å². The van der Waals surface area contributed by atoms with Crippen LogP contribution in [-0.2, 0) is 4.89 Å². The van der Waals surface area contributed by atoms with Gasteiger partial charge in [0.1, 0.15) is 0 Å². The van der Waals surface area contributed by atoms with Gasteiger partial charge in [0.2, 0.25) is 0 Å².